The summed E-state index contributed by atoms with van der Waals surface area (Å²) in [7, 11) is 2.78. The predicted molar refractivity (Wildman–Crippen MR) is 81.5 cm³/mol. The Balaban J connectivity index is 2.09. The molecule has 1 aromatic rings. The number of rotatable bonds is 0. The Morgan fingerprint density at radius 3 is 3.19 bits per heavy atom. The second-order valence-corrected chi connectivity index (χ2v) is 6.79. The fourth-order valence-corrected chi connectivity index (χ4v) is 3.88. The average Bonchev–Trinajstić information content (AvgIpc) is 2.52. The van der Waals surface area contributed by atoms with Crippen LogP contribution < -0.4 is 4.67 Å². The minimum Gasteiger partial charge on any atom is -0.335 e. The van der Waals surface area contributed by atoms with Gasteiger partial charge in [0, 0.05) is 27.7 Å². The van der Waals surface area contributed by atoms with E-state index in [4.69, 9.17) is 0 Å². The van der Waals surface area contributed by atoms with E-state index in [1.54, 1.807) is 0 Å². The van der Waals surface area contributed by atoms with Crippen LogP contribution in [0, 0.1) is 3.57 Å². The number of nitrogens with zero attached hydrogens (tertiary/aromatic N) is 3. The zero-order valence-electron chi connectivity index (χ0n) is 8.40. The van der Waals surface area contributed by atoms with E-state index < -0.39 is 0 Å². The van der Waals surface area contributed by atoms with Gasteiger partial charge in [-0.3, -0.25) is 4.99 Å². The number of pyridine rings is 1. The molecule has 3 nitrogen and oxygen atoms in total. The molecule has 0 amide bonds. The van der Waals surface area contributed by atoms with Crippen molar-refractivity contribution >= 4 is 58.4 Å². The second kappa shape index (κ2) is 4.18. The van der Waals surface area contributed by atoms with Gasteiger partial charge in [0.15, 0.2) is 0 Å². The van der Waals surface area contributed by atoms with Gasteiger partial charge in [0.25, 0.3) is 0 Å². The standard InChI is InChI=1S/C10H10BrIN3P/c11-9-2-6-7-1-5(12)3-14-10(7)15(16)8(6)4-13-9/h1,3,6,8H,2,4,16H2. The first-order valence-electron chi connectivity index (χ1n) is 5.05. The van der Waals surface area contributed by atoms with Gasteiger partial charge in [-0.2, -0.15) is 0 Å². The van der Waals surface area contributed by atoms with Crippen molar-refractivity contribution in [3.63, 3.8) is 0 Å². The summed E-state index contributed by atoms with van der Waals surface area (Å²) in [5, 5.41) is 0. The summed E-state index contributed by atoms with van der Waals surface area (Å²) in [5.74, 6) is 1.62. The molecule has 0 N–H and O–H groups in total. The first-order valence-corrected chi connectivity index (χ1v) is 7.44. The molecule has 2 aliphatic rings. The molecule has 16 heavy (non-hydrogen) atoms. The summed E-state index contributed by atoms with van der Waals surface area (Å²) in [4.78, 5) is 9.00. The molecule has 3 heterocycles. The summed E-state index contributed by atoms with van der Waals surface area (Å²) in [6, 6.07) is 2.70. The summed E-state index contributed by atoms with van der Waals surface area (Å²) < 4.78 is 4.48. The number of fused-ring (bicyclic) bond motifs is 3. The van der Waals surface area contributed by atoms with Crippen LogP contribution in [0.4, 0.5) is 5.82 Å². The number of anilines is 1. The van der Waals surface area contributed by atoms with E-state index in [0.29, 0.717) is 12.0 Å². The van der Waals surface area contributed by atoms with Crippen molar-refractivity contribution < 1.29 is 0 Å². The third-order valence-electron chi connectivity index (χ3n) is 3.17. The molecule has 0 aliphatic carbocycles. The number of aromatic nitrogens is 1. The lowest BCUT2D eigenvalue weighted by Gasteiger charge is -2.27. The Kier molecular flexibility index (Phi) is 2.96. The molecule has 2 aliphatic heterocycles. The Labute approximate surface area is 119 Å². The molecule has 3 rings (SSSR count). The van der Waals surface area contributed by atoms with Crippen molar-refractivity contribution in [2.45, 2.75) is 18.4 Å². The zero-order valence-corrected chi connectivity index (χ0v) is 13.3. The van der Waals surface area contributed by atoms with E-state index in [9.17, 15) is 0 Å². The third-order valence-corrected chi connectivity index (χ3v) is 4.96. The molecule has 0 saturated carbocycles. The molecule has 6 heteroatoms. The van der Waals surface area contributed by atoms with E-state index in [0.717, 1.165) is 23.4 Å². The number of halogens is 2. The minimum atomic E-state index is 0.451. The molecule has 0 radical (unpaired) electrons. The lowest BCUT2D eigenvalue weighted by atomic mass is 9.91. The van der Waals surface area contributed by atoms with Crippen LogP contribution in [0.15, 0.2) is 17.3 Å². The van der Waals surface area contributed by atoms with Crippen LogP contribution in [-0.4, -0.2) is 22.2 Å². The SMILES string of the molecule is PN1c2ncc(I)cc2C2CC(Br)=NCC21. The molecule has 0 aromatic carbocycles. The Bertz CT molecular complexity index is 479. The highest BCUT2D eigenvalue weighted by Gasteiger charge is 2.39. The van der Waals surface area contributed by atoms with Crippen LogP contribution in [0.2, 0.25) is 0 Å². The molecule has 0 spiro atoms. The molecule has 0 fully saturated rings. The van der Waals surface area contributed by atoms with Crippen molar-refractivity contribution in [2.24, 2.45) is 4.99 Å². The minimum absolute atomic E-state index is 0.451. The molecular formula is C10H10BrIN3P. The lowest BCUT2D eigenvalue weighted by Crippen LogP contribution is -2.33. The van der Waals surface area contributed by atoms with Gasteiger partial charge in [0.05, 0.1) is 17.2 Å². The Hall–Kier alpha value is 0.260. The maximum Gasteiger partial charge on any atom is 0.135 e. The van der Waals surface area contributed by atoms with E-state index in [2.05, 4.69) is 68.6 Å². The van der Waals surface area contributed by atoms with E-state index >= 15 is 0 Å². The average molecular weight is 410 g/mol. The van der Waals surface area contributed by atoms with Crippen LogP contribution >= 0.6 is 47.9 Å². The van der Waals surface area contributed by atoms with Crippen molar-refractivity contribution in [1.82, 2.24) is 4.98 Å². The van der Waals surface area contributed by atoms with Crippen LogP contribution in [0.5, 0.6) is 0 Å². The summed E-state index contributed by atoms with van der Waals surface area (Å²) >= 11 is 5.84. The Morgan fingerprint density at radius 2 is 2.38 bits per heavy atom. The van der Waals surface area contributed by atoms with E-state index in [1.807, 2.05) is 6.20 Å². The van der Waals surface area contributed by atoms with E-state index in [1.165, 1.54) is 9.13 Å². The van der Waals surface area contributed by atoms with Gasteiger partial charge in [-0.1, -0.05) is 0 Å². The topological polar surface area (TPSA) is 28.5 Å². The molecule has 1 aromatic heterocycles. The second-order valence-electron chi connectivity index (χ2n) is 4.07. The van der Waals surface area contributed by atoms with Crippen molar-refractivity contribution in [3.05, 3.63) is 21.4 Å². The van der Waals surface area contributed by atoms with Gasteiger partial charge >= 0.3 is 0 Å². The van der Waals surface area contributed by atoms with Crippen LogP contribution in [0.3, 0.4) is 0 Å². The predicted octanol–water partition coefficient (Wildman–Crippen LogP) is 2.95. The van der Waals surface area contributed by atoms with Crippen molar-refractivity contribution in [3.8, 4) is 0 Å². The summed E-state index contributed by atoms with van der Waals surface area (Å²) in [6.07, 6.45) is 2.91. The number of aliphatic imine (C=N–C) groups is 1. The highest BCUT2D eigenvalue weighted by Crippen LogP contribution is 2.45. The molecule has 3 unspecified atom stereocenters. The van der Waals surface area contributed by atoms with Gasteiger partial charge in [0.2, 0.25) is 0 Å². The fourth-order valence-electron chi connectivity index (χ4n) is 2.39. The summed E-state index contributed by atoms with van der Waals surface area (Å²) in [6.45, 7) is 0.849. The molecule has 84 valence electrons. The van der Waals surface area contributed by atoms with Gasteiger partial charge in [-0.15, -0.1) is 0 Å². The first kappa shape index (κ1) is 11.4. The monoisotopic (exact) mass is 409 g/mol. The highest BCUT2D eigenvalue weighted by atomic mass is 127. The van der Waals surface area contributed by atoms with Crippen LogP contribution in [0.25, 0.3) is 0 Å². The quantitative estimate of drug-likeness (QED) is 0.487. The fraction of sp³-hybridized carbons (Fsp3) is 0.400. The summed E-state index contributed by atoms with van der Waals surface area (Å²) in [5.41, 5.74) is 1.36. The van der Waals surface area contributed by atoms with Gasteiger partial charge in [-0.25, -0.2) is 4.98 Å². The van der Waals surface area contributed by atoms with Crippen LogP contribution in [-0.2, 0) is 0 Å². The van der Waals surface area contributed by atoms with Gasteiger partial charge in [-0.05, 0) is 54.0 Å². The third kappa shape index (κ3) is 1.71. The Morgan fingerprint density at radius 1 is 1.56 bits per heavy atom. The van der Waals surface area contributed by atoms with Gasteiger partial charge in [0.1, 0.15) is 5.82 Å². The normalized spacial score (nSPS) is 27.4. The first-order chi connectivity index (χ1) is 7.66. The zero-order chi connectivity index (χ0) is 11.3. The molecule has 3 atom stereocenters. The maximum atomic E-state index is 4.52. The van der Waals surface area contributed by atoms with Gasteiger partial charge < -0.3 is 4.67 Å². The smallest absolute Gasteiger partial charge is 0.135 e. The lowest BCUT2D eigenvalue weighted by molar-refractivity contribution is 0.577. The van der Waals surface area contributed by atoms with Crippen LogP contribution in [0.1, 0.15) is 17.9 Å². The number of hydrogen-bond donors (Lipinski definition) is 0. The maximum absolute atomic E-state index is 4.52. The van der Waals surface area contributed by atoms with Crippen molar-refractivity contribution in [2.75, 3.05) is 11.2 Å². The van der Waals surface area contributed by atoms with Crippen molar-refractivity contribution in [1.29, 1.82) is 0 Å². The molecule has 0 saturated heterocycles. The molecular weight excluding hydrogens is 400 g/mol. The largest absolute Gasteiger partial charge is 0.335 e. The molecule has 0 bridgehead atoms. The number of hydrogen-bond acceptors (Lipinski definition) is 3. The highest BCUT2D eigenvalue weighted by molar-refractivity contribution is 14.1. The van der Waals surface area contributed by atoms with E-state index in [-0.39, 0.29) is 0 Å².